The van der Waals surface area contributed by atoms with Gasteiger partial charge in [0.25, 0.3) is 5.88 Å². The van der Waals surface area contributed by atoms with Gasteiger partial charge in [-0.2, -0.15) is 8.78 Å². The number of fused-ring (bicyclic) bond motifs is 6. The zero-order valence-corrected chi connectivity index (χ0v) is 42.1. The van der Waals surface area contributed by atoms with Gasteiger partial charge in [0.1, 0.15) is 16.9 Å². The van der Waals surface area contributed by atoms with Crippen LogP contribution < -0.4 is 14.7 Å². The normalized spacial score (nSPS) is 13.2. The van der Waals surface area contributed by atoms with Crippen molar-refractivity contribution >= 4 is 46.2 Å². The van der Waals surface area contributed by atoms with E-state index in [0.717, 1.165) is 50.3 Å². The third kappa shape index (κ3) is 7.85. The van der Waals surface area contributed by atoms with Gasteiger partial charge in [0, 0.05) is 33.8 Å². The molecule has 5 heterocycles. The number of phenols is 1. The third-order valence-corrected chi connectivity index (χ3v) is 15.3. The van der Waals surface area contributed by atoms with E-state index < -0.39 is 25.5 Å². The molecule has 0 bridgehead atoms. The molecule has 0 spiro atoms. The van der Waals surface area contributed by atoms with Crippen molar-refractivity contribution in [2.24, 2.45) is 0 Å². The number of phenolic OH excluding ortho intramolecular Hbond substituents is 1. The quantitative estimate of drug-likeness (QED) is 0.159. The summed E-state index contributed by atoms with van der Waals surface area (Å²) in [6.45, 7) is 19.7. The number of benzene rings is 6. The van der Waals surface area contributed by atoms with Crippen LogP contribution >= 0.6 is 0 Å². The van der Waals surface area contributed by atoms with E-state index in [0.29, 0.717) is 44.5 Å². The van der Waals surface area contributed by atoms with Gasteiger partial charge in [0.2, 0.25) is 5.75 Å². The number of nitrogens with zero attached hydrogens (tertiary/aromatic N) is 4. The van der Waals surface area contributed by atoms with Crippen LogP contribution in [0.5, 0.6) is 17.4 Å². The number of halogens is 2. The molecule has 0 atom stereocenters. The lowest BCUT2D eigenvalue weighted by Crippen LogP contribution is -2.37. The molecular formula is C60H52F2N4O4Si. The number of aromatic nitrogens is 4. The number of imidazole rings is 1. The van der Waals surface area contributed by atoms with Gasteiger partial charge in [-0.1, -0.05) is 169 Å². The first-order chi connectivity index (χ1) is 33.8. The minimum atomic E-state index is -1.94. The summed E-state index contributed by atoms with van der Waals surface area (Å²) in [4.78, 5) is 15.3. The number of hydrogen-bond donors (Lipinski definition) is 1. The summed E-state index contributed by atoms with van der Waals surface area (Å²) in [5.41, 5.74) is 10.7. The topological polar surface area (TPSA) is 95.4 Å². The summed E-state index contributed by atoms with van der Waals surface area (Å²) in [6, 6.07) is 43.9. The van der Waals surface area contributed by atoms with E-state index in [1.54, 1.807) is 0 Å². The molecule has 1 aliphatic heterocycles. The number of rotatable bonds is 7. The lowest BCUT2D eigenvalue weighted by molar-refractivity contribution is 0.164. The molecule has 11 heteroatoms. The maximum atomic E-state index is 15.1. The van der Waals surface area contributed by atoms with Crippen LogP contribution in [-0.4, -0.2) is 32.7 Å². The number of aromatic hydroxyl groups is 1. The molecule has 354 valence electrons. The summed E-state index contributed by atoms with van der Waals surface area (Å²) < 4.78 is 49.7. The zero-order chi connectivity index (χ0) is 49.7. The van der Waals surface area contributed by atoms with Crippen molar-refractivity contribution < 1.29 is 27.8 Å². The van der Waals surface area contributed by atoms with Crippen LogP contribution in [-0.2, 0) is 10.8 Å². The largest absolute Gasteiger partial charge is 0.507 e. The van der Waals surface area contributed by atoms with E-state index in [9.17, 15) is 9.50 Å². The van der Waals surface area contributed by atoms with Crippen molar-refractivity contribution in [3.05, 3.63) is 169 Å². The fourth-order valence-electron chi connectivity index (χ4n) is 9.73. The van der Waals surface area contributed by atoms with Crippen LogP contribution in [0.2, 0.25) is 19.6 Å². The highest BCUT2D eigenvalue weighted by Gasteiger charge is 2.36. The van der Waals surface area contributed by atoms with E-state index in [1.165, 1.54) is 5.19 Å². The molecule has 0 radical (unpaired) electrons. The molecule has 0 fully saturated rings. The first kappa shape index (κ1) is 45.5. The summed E-state index contributed by atoms with van der Waals surface area (Å²) in [7, 11) is -1.94. The second-order valence-electron chi connectivity index (χ2n) is 21.3. The molecule has 0 saturated carbocycles. The number of para-hydroxylation sites is 2. The maximum Gasteiger partial charge on any atom is 0.354 e. The Hall–Kier alpha value is -7.89. The van der Waals surface area contributed by atoms with Crippen LogP contribution in [0.4, 0.5) is 8.78 Å². The molecule has 71 heavy (non-hydrogen) atoms. The zero-order valence-electron chi connectivity index (χ0n) is 41.1. The van der Waals surface area contributed by atoms with Crippen molar-refractivity contribution in [1.29, 1.82) is 0 Å². The first-order valence-corrected chi connectivity index (χ1v) is 27.3. The molecular weight excluding hydrogens is 907 g/mol. The van der Waals surface area contributed by atoms with E-state index in [1.807, 2.05) is 99.8 Å². The summed E-state index contributed by atoms with van der Waals surface area (Å²) in [6.07, 6.45) is 1.87. The van der Waals surface area contributed by atoms with E-state index in [4.69, 9.17) is 28.8 Å². The Balaban J connectivity index is 1.26. The lowest BCUT2D eigenvalue weighted by atomic mass is 9.83. The molecule has 1 N–H and O–H groups in total. The van der Waals surface area contributed by atoms with Crippen LogP contribution in [0.25, 0.3) is 94.8 Å². The predicted octanol–water partition coefficient (Wildman–Crippen LogP) is 15.7. The number of pyridine rings is 2. The van der Waals surface area contributed by atoms with Crippen molar-refractivity contribution in [3.8, 4) is 79.2 Å². The van der Waals surface area contributed by atoms with Crippen LogP contribution in [0.15, 0.2) is 162 Å². The SMILES string of the molecule is CC(C)(C)c1ccccc1-n1c(-c2c(O)c(C(C)(C)C)cc3c2oc2c4c(nc(-c5ccccc5)c23)OC(F)=C(F)O4)nc2c(-c3cc(-c4cc(-c5ccccc5)ccn4)cc([Si](C)(C)C)c3)cccc21. The highest BCUT2D eigenvalue weighted by molar-refractivity contribution is 6.88. The van der Waals surface area contributed by atoms with Gasteiger partial charge in [-0.3, -0.25) is 9.55 Å². The van der Waals surface area contributed by atoms with Gasteiger partial charge in [-0.05, 0) is 69.5 Å². The van der Waals surface area contributed by atoms with Crippen molar-refractivity contribution in [3.63, 3.8) is 0 Å². The van der Waals surface area contributed by atoms with E-state index >= 15 is 4.39 Å². The smallest absolute Gasteiger partial charge is 0.354 e. The van der Waals surface area contributed by atoms with Gasteiger partial charge in [-0.15, -0.1) is 0 Å². The van der Waals surface area contributed by atoms with Crippen molar-refractivity contribution in [2.75, 3.05) is 0 Å². The predicted molar refractivity (Wildman–Crippen MR) is 284 cm³/mol. The molecule has 1 aliphatic rings. The molecule has 0 saturated heterocycles. The van der Waals surface area contributed by atoms with Crippen LogP contribution in [0.1, 0.15) is 52.7 Å². The van der Waals surface area contributed by atoms with Crippen molar-refractivity contribution in [1.82, 2.24) is 19.5 Å². The summed E-state index contributed by atoms with van der Waals surface area (Å²) in [5.74, 6) is -0.157. The van der Waals surface area contributed by atoms with E-state index in [-0.39, 0.29) is 34.0 Å². The summed E-state index contributed by atoms with van der Waals surface area (Å²) in [5, 5.41) is 15.3. The van der Waals surface area contributed by atoms with Gasteiger partial charge >= 0.3 is 12.0 Å². The van der Waals surface area contributed by atoms with Crippen molar-refractivity contribution in [2.45, 2.75) is 72.0 Å². The Morgan fingerprint density at radius 1 is 0.606 bits per heavy atom. The molecule has 11 rings (SSSR count). The Labute approximate surface area is 411 Å². The van der Waals surface area contributed by atoms with Gasteiger partial charge in [0.05, 0.1) is 41.6 Å². The van der Waals surface area contributed by atoms with Gasteiger partial charge < -0.3 is 19.0 Å². The molecule has 0 aliphatic carbocycles. The fourth-order valence-corrected chi connectivity index (χ4v) is 10.9. The van der Waals surface area contributed by atoms with Gasteiger partial charge in [0.15, 0.2) is 11.4 Å². The highest BCUT2D eigenvalue weighted by Crippen LogP contribution is 2.53. The lowest BCUT2D eigenvalue weighted by Gasteiger charge is -2.25. The molecule has 0 amide bonds. The Morgan fingerprint density at radius 3 is 1.97 bits per heavy atom. The number of furan rings is 1. The molecule has 10 aromatic rings. The van der Waals surface area contributed by atoms with Crippen LogP contribution in [0, 0.1) is 0 Å². The second-order valence-corrected chi connectivity index (χ2v) is 26.4. The monoisotopic (exact) mass is 958 g/mol. The van der Waals surface area contributed by atoms with E-state index in [2.05, 4.69) is 112 Å². The number of ether oxygens (including phenoxy) is 2. The maximum absolute atomic E-state index is 15.1. The minimum absolute atomic E-state index is 0.0415. The molecule has 0 unspecified atom stereocenters. The first-order valence-electron chi connectivity index (χ1n) is 23.8. The summed E-state index contributed by atoms with van der Waals surface area (Å²) >= 11 is 0. The second kappa shape index (κ2) is 16.6. The highest BCUT2D eigenvalue weighted by atomic mass is 28.3. The Kier molecular flexibility index (Phi) is 10.7. The Morgan fingerprint density at radius 2 is 1.27 bits per heavy atom. The number of hydrogen-bond acceptors (Lipinski definition) is 7. The molecule has 6 aromatic carbocycles. The minimum Gasteiger partial charge on any atom is -0.507 e. The van der Waals surface area contributed by atoms with Crippen LogP contribution in [0.3, 0.4) is 0 Å². The average molecular weight is 959 g/mol. The Bertz CT molecular complexity index is 3800. The third-order valence-electron chi connectivity index (χ3n) is 13.3. The molecule has 4 aromatic heterocycles. The average Bonchev–Trinajstić information content (AvgIpc) is 3.93. The molecule has 8 nitrogen and oxygen atoms in total. The standard InChI is InChI=1S/C60H52F2N4O4Si/c1-59(2,3)42-24-16-17-25-45(42)66-46-26-18-23-40(37-29-38(31-39(30-37)71(7,8)9)44-32-36(27-28-63-44)34-19-12-10-13-20-34)50(46)64-57(66)48-51(67)43(60(4,5)6)33-41-47-49(35-21-14-11-15-22-35)65-58-54(53(47)68-52(41)48)69-55(61)56(62)70-58/h10-33,67H,1-9H3. The van der Waals surface area contributed by atoms with Gasteiger partial charge in [-0.25, -0.2) is 9.97 Å². The fraction of sp³-hybridized carbons (Fsp3) is 0.183.